The zero-order chi connectivity index (χ0) is 11.1. The lowest BCUT2D eigenvalue weighted by molar-refractivity contribution is 0.370. The molecule has 2 heteroatoms. The van der Waals surface area contributed by atoms with Gasteiger partial charge in [-0.15, -0.1) is 0 Å². The summed E-state index contributed by atoms with van der Waals surface area (Å²) >= 11 is 0. The second-order valence-corrected chi connectivity index (χ2v) is 3.73. The minimum Gasteiger partial charge on any atom is -0.299 e. The van der Waals surface area contributed by atoms with Crippen molar-refractivity contribution in [3.05, 3.63) is 36.0 Å². The third-order valence-electron chi connectivity index (χ3n) is 2.69. The summed E-state index contributed by atoms with van der Waals surface area (Å²) in [5, 5.41) is 9.01. The molecule has 0 radical (unpaired) electrons. The lowest BCUT2D eigenvalue weighted by Crippen LogP contribution is -2.22. The molecule has 2 nitrogen and oxygen atoms in total. The molecule has 1 rings (SSSR count). The van der Waals surface area contributed by atoms with Crippen LogP contribution in [0.25, 0.3) is 0 Å². The van der Waals surface area contributed by atoms with Crippen LogP contribution in [0.2, 0.25) is 0 Å². The van der Waals surface area contributed by atoms with Gasteiger partial charge < -0.3 is 0 Å². The van der Waals surface area contributed by atoms with Gasteiger partial charge in [-0.3, -0.25) is 4.90 Å². The summed E-state index contributed by atoms with van der Waals surface area (Å²) in [6, 6.07) is 2.22. The van der Waals surface area contributed by atoms with Crippen LogP contribution in [0.1, 0.15) is 19.8 Å². The molecule has 15 heavy (non-hydrogen) atoms. The molecule has 1 aliphatic heterocycles. The van der Waals surface area contributed by atoms with Gasteiger partial charge in [0.15, 0.2) is 0 Å². The minimum atomic E-state index is 0.736. The third-order valence-corrected chi connectivity index (χ3v) is 2.69. The Hall–Kier alpha value is -1.33. The van der Waals surface area contributed by atoms with Crippen molar-refractivity contribution in [3.8, 4) is 6.07 Å². The van der Waals surface area contributed by atoms with Crippen LogP contribution in [-0.2, 0) is 0 Å². The molecule has 0 amide bonds. The van der Waals surface area contributed by atoms with Crippen LogP contribution in [0.5, 0.6) is 0 Å². The number of nitrogens with zero attached hydrogens (tertiary/aromatic N) is 2. The Bertz CT molecular complexity index is 312. The minimum absolute atomic E-state index is 0.736. The van der Waals surface area contributed by atoms with Gasteiger partial charge in [-0.05, 0) is 44.5 Å². The fourth-order valence-electron chi connectivity index (χ4n) is 1.85. The third kappa shape index (κ3) is 3.38. The lowest BCUT2D eigenvalue weighted by Gasteiger charge is -2.16. The Balaban J connectivity index is 2.67. The number of allylic oxidation sites excluding steroid dienone is 3. The Morgan fingerprint density at radius 1 is 1.47 bits per heavy atom. The second kappa shape index (κ2) is 6.21. The largest absolute Gasteiger partial charge is 0.299 e. The summed E-state index contributed by atoms with van der Waals surface area (Å²) < 4.78 is 0. The van der Waals surface area contributed by atoms with Gasteiger partial charge in [0, 0.05) is 6.54 Å². The van der Waals surface area contributed by atoms with Crippen LogP contribution in [0.3, 0.4) is 0 Å². The van der Waals surface area contributed by atoms with Crippen LogP contribution < -0.4 is 0 Å². The van der Waals surface area contributed by atoms with E-state index in [1.54, 1.807) is 12.2 Å². The molecule has 0 aromatic heterocycles. The van der Waals surface area contributed by atoms with Crippen LogP contribution in [-0.4, -0.2) is 24.5 Å². The Labute approximate surface area is 92.2 Å². The highest BCUT2D eigenvalue weighted by Crippen LogP contribution is 2.15. The van der Waals surface area contributed by atoms with Crippen LogP contribution in [0.15, 0.2) is 36.0 Å². The van der Waals surface area contributed by atoms with Gasteiger partial charge in [0.1, 0.15) is 0 Å². The first-order chi connectivity index (χ1) is 7.31. The SMILES string of the molecule is C=C/C=C(C#N)\C(=C/C)CN1CCCC1. The van der Waals surface area contributed by atoms with E-state index in [9.17, 15) is 0 Å². The van der Waals surface area contributed by atoms with Gasteiger partial charge in [0.05, 0.1) is 11.6 Å². The maximum atomic E-state index is 9.01. The molecule has 0 N–H and O–H groups in total. The molecule has 0 spiro atoms. The highest BCUT2D eigenvalue weighted by Gasteiger charge is 2.14. The van der Waals surface area contributed by atoms with Crippen molar-refractivity contribution in [2.24, 2.45) is 0 Å². The molecule has 1 aliphatic rings. The summed E-state index contributed by atoms with van der Waals surface area (Å²) in [6.07, 6.45) is 8.04. The summed E-state index contributed by atoms with van der Waals surface area (Å²) in [6.45, 7) is 8.82. The molecule has 0 unspecified atom stereocenters. The molecule has 0 aromatic rings. The van der Waals surface area contributed by atoms with E-state index in [1.807, 2.05) is 13.0 Å². The smallest absolute Gasteiger partial charge is 0.0994 e. The number of hydrogen-bond acceptors (Lipinski definition) is 2. The Kier molecular flexibility index (Phi) is 4.86. The van der Waals surface area contributed by atoms with E-state index in [1.165, 1.54) is 12.8 Å². The maximum absolute atomic E-state index is 9.01. The monoisotopic (exact) mass is 202 g/mol. The molecule has 0 saturated carbocycles. The predicted molar refractivity (Wildman–Crippen MR) is 63.3 cm³/mol. The molecule has 1 fully saturated rings. The van der Waals surface area contributed by atoms with E-state index < -0.39 is 0 Å². The van der Waals surface area contributed by atoms with E-state index in [4.69, 9.17) is 5.26 Å². The highest BCUT2D eigenvalue weighted by molar-refractivity contribution is 5.44. The topological polar surface area (TPSA) is 27.0 Å². The average molecular weight is 202 g/mol. The molecule has 0 bridgehead atoms. The molecule has 0 atom stereocenters. The van der Waals surface area contributed by atoms with Gasteiger partial charge in [0.2, 0.25) is 0 Å². The number of nitriles is 1. The first-order valence-corrected chi connectivity index (χ1v) is 5.42. The van der Waals surface area contributed by atoms with E-state index >= 15 is 0 Å². The quantitative estimate of drug-likeness (QED) is 0.517. The highest BCUT2D eigenvalue weighted by atomic mass is 15.1. The van der Waals surface area contributed by atoms with E-state index in [2.05, 4.69) is 17.5 Å². The standard InChI is InChI=1S/C13H18N2/c1-3-7-13(10-14)12(4-2)11-15-8-5-6-9-15/h3-4,7H,1,5-6,8-9,11H2,2H3/b12-4-,13-7-. The van der Waals surface area contributed by atoms with Gasteiger partial charge in [0.25, 0.3) is 0 Å². The van der Waals surface area contributed by atoms with Crippen LogP contribution in [0, 0.1) is 11.3 Å². The molecule has 0 aliphatic carbocycles. The van der Waals surface area contributed by atoms with Crippen molar-refractivity contribution < 1.29 is 0 Å². The Morgan fingerprint density at radius 2 is 2.13 bits per heavy atom. The molecular formula is C13H18N2. The molecule has 0 aromatic carbocycles. The summed E-state index contributed by atoms with van der Waals surface area (Å²) in [7, 11) is 0. The molecule has 1 saturated heterocycles. The van der Waals surface area contributed by atoms with Crippen molar-refractivity contribution in [2.45, 2.75) is 19.8 Å². The van der Waals surface area contributed by atoms with Gasteiger partial charge in [-0.1, -0.05) is 18.7 Å². The number of hydrogen-bond donors (Lipinski definition) is 0. The van der Waals surface area contributed by atoms with E-state index in [0.717, 1.165) is 30.8 Å². The van der Waals surface area contributed by atoms with E-state index in [-0.39, 0.29) is 0 Å². The van der Waals surface area contributed by atoms with Crippen molar-refractivity contribution >= 4 is 0 Å². The normalized spacial score (nSPS) is 18.9. The predicted octanol–water partition coefficient (Wildman–Crippen LogP) is 2.66. The average Bonchev–Trinajstić information content (AvgIpc) is 2.75. The van der Waals surface area contributed by atoms with E-state index in [0.29, 0.717) is 0 Å². The zero-order valence-corrected chi connectivity index (χ0v) is 9.37. The fraction of sp³-hybridized carbons (Fsp3) is 0.462. The van der Waals surface area contributed by atoms with Crippen LogP contribution in [0.4, 0.5) is 0 Å². The molecule has 80 valence electrons. The van der Waals surface area contributed by atoms with Crippen molar-refractivity contribution in [3.63, 3.8) is 0 Å². The summed E-state index contributed by atoms with van der Waals surface area (Å²) in [4.78, 5) is 2.39. The first-order valence-electron chi connectivity index (χ1n) is 5.42. The fourth-order valence-corrected chi connectivity index (χ4v) is 1.85. The van der Waals surface area contributed by atoms with Gasteiger partial charge in [-0.2, -0.15) is 5.26 Å². The van der Waals surface area contributed by atoms with Crippen molar-refractivity contribution in [2.75, 3.05) is 19.6 Å². The van der Waals surface area contributed by atoms with Crippen molar-refractivity contribution in [1.29, 1.82) is 5.26 Å². The first kappa shape index (κ1) is 11.7. The van der Waals surface area contributed by atoms with Gasteiger partial charge >= 0.3 is 0 Å². The van der Waals surface area contributed by atoms with Crippen LogP contribution >= 0.6 is 0 Å². The second-order valence-electron chi connectivity index (χ2n) is 3.73. The summed E-state index contributed by atoms with van der Waals surface area (Å²) in [5.41, 5.74) is 1.85. The molecular weight excluding hydrogens is 184 g/mol. The lowest BCUT2D eigenvalue weighted by atomic mass is 10.1. The van der Waals surface area contributed by atoms with Crippen molar-refractivity contribution in [1.82, 2.24) is 4.90 Å². The zero-order valence-electron chi connectivity index (χ0n) is 9.37. The Morgan fingerprint density at radius 3 is 2.60 bits per heavy atom. The number of rotatable bonds is 4. The number of likely N-dealkylation sites (tertiary alicyclic amines) is 1. The maximum Gasteiger partial charge on any atom is 0.0994 e. The van der Waals surface area contributed by atoms with Gasteiger partial charge in [-0.25, -0.2) is 0 Å². The molecule has 1 heterocycles. The summed E-state index contributed by atoms with van der Waals surface area (Å²) in [5.74, 6) is 0.